The number of nitrogens with one attached hydrogen (secondary N) is 2. The third kappa shape index (κ3) is 5.74. The molecule has 0 aliphatic carbocycles. The first kappa shape index (κ1) is 20.7. The number of carbonyl (C=O) groups excluding carboxylic acids is 1. The molecule has 0 aliphatic heterocycles. The summed E-state index contributed by atoms with van der Waals surface area (Å²) in [5.41, 5.74) is 1.23. The molecule has 0 atom stereocenters. The molecule has 0 unspecified atom stereocenters. The second kappa shape index (κ2) is 9.97. The van der Waals surface area contributed by atoms with Gasteiger partial charge < -0.3 is 15.2 Å². The van der Waals surface area contributed by atoms with Gasteiger partial charge >= 0.3 is 0 Å². The van der Waals surface area contributed by atoms with Crippen molar-refractivity contribution in [3.05, 3.63) is 52.8 Å². The maximum atomic E-state index is 12.2. The highest BCUT2D eigenvalue weighted by Crippen LogP contribution is 2.09. The number of hydrogen-bond donors (Lipinski definition) is 2. The second-order valence-electron chi connectivity index (χ2n) is 6.95. The lowest BCUT2D eigenvalue weighted by molar-refractivity contribution is -0.116. The number of benzene rings is 1. The van der Waals surface area contributed by atoms with Crippen LogP contribution < -0.4 is 10.9 Å². The van der Waals surface area contributed by atoms with E-state index >= 15 is 0 Å². The van der Waals surface area contributed by atoms with E-state index in [1.807, 2.05) is 29.1 Å². The highest BCUT2D eigenvalue weighted by atomic mass is 16.1. The average molecular weight is 396 g/mol. The Hall–Kier alpha value is -3.00. The molecule has 1 amide bonds. The van der Waals surface area contributed by atoms with E-state index in [0.29, 0.717) is 41.7 Å². The van der Waals surface area contributed by atoms with Crippen LogP contribution >= 0.6 is 0 Å². The Morgan fingerprint density at radius 1 is 1.24 bits per heavy atom. The highest BCUT2D eigenvalue weighted by Gasteiger charge is 2.08. The third-order valence-corrected chi connectivity index (χ3v) is 4.94. The second-order valence-corrected chi connectivity index (χ2v) is 6.95. The molecule has 3 rings (SSSR count). The summed E-state index contributed by atoms with van der Waals surface area (Å²) in [6.45, 7) is 8.03. The van der Waals surface area contributed by atoms with Crippen molar-refractivity contribution in [2.45, 2.75) is 39.7 Å². The maximum absolute atomic E-state index is 12.2. The summed E-state index contributed by atoms with van der Waals surface area (Å²) in [6, 6.07) is 7.24. The van der Waals surface area contributed by atoms with Gasteiger partial charge in [-0.2, -0.15) is 5.10 Å². The summed E-state index contributed by atoms with van der Waals surface area (Å²) < 4.78 is 1.84. The summed E-state index contributed by atoms with van der Waals surface area (Å²) in [5, 5.41) is 7.75. The molecule has 0 spiro atoms. The Bertz CT molecular complexity index is 1010. The van der Waals surface area contributed by atoms with E-state index in [4.69, 9.17) is 0 Å². The Kier molecular flexibility index (Phi) is 7.13. The number of aryl methyl sites for hydroxylation is 1. The quantitative estimate of drug-likeness (QED) is 0.549. The molecule has 8 heteroatoms. The smallest absolute Gasteiger partial charge is 0.258 e. The van der Waals surface area contributed by atoms with Gasteiger partial charge in [0.1, 0.15) is 5.82 Å². The number of rotatable bonds is 10. The molecule has 0 aliphatic rings. The fourth-order valence-electron chi connectivity index (χ4n) is 3.23. The zero-order chi connectivity index (χ0) is 20.6. The number of para-hydroxylation sites is 1. The lowest BCUT2D eigenvalue weighted by atomic mass is 10.2. The van der Waals surface area contributed by atoms with E-state index in [1.165, 1.54) is 0 Å². The van der Waals surface area contributed by atoms with Gasteiger partial charge in [-0.1, -0.05) is 26.0 Å². The van der Waals surface area contributed by atoms with Gasteiger partial charge in [-0.15, -0.1) is 0 Å². The van der Waals surface area contributed by atoms with Gasteiger partial charge in [0.05, 0.1) is 29.3 Å². The molecule has 0 bridgehead atoms. The molecule has 3 aromatic rings. The Morgan fingerprint density at radius 3 is 2.83 bits per heavy atom. The normalized spacial score (nSPS) is 11.3. The molecule has 0 saturated carbocycles. The van der Waals surface area contributed by atoms with E-state index < -0.39 is 0 Å². The molecule has 2 heterocycles. The van der Waals surface area contributed by atoms with Crippen molar-refractivity contribution in [2.75, 3.05) is 25.0 Å². The van der Waals surface area contributed by atoms with E-state index in [0.717, 1.165) is 26.2 Å². The number of carbonyl (C=O) groups is 1. The largest absolute Gasteiger partial charge is 0.323 e. The van der Waals surface area contributed by atoms with Crippen LogP contribution in [-0.4, -0.2) is 50.2 Å². The average Bonchev–Trinajstić information content (AvgIpc) is 3.16. The summed E-state index contributed by atoms with van der Waals surface area (Å²) in [5.74, 6) is 0.530. The summed E-state index contributed by atoms with van der Waals surface area (Å²) in [7, 11) is 0. The molecule has 0 saturated heterocycles. The molecule has 0 radical (unpaired) electrons. The monoisotopic (exact) mass is 396 g/mol. The van der Waals surface area contributed by atoms with Crippen molar-refractivity contribution in [2.24, 2.45) is 0 Å². The number of aromatic nitrogens is 4. The Morgan fingerprint density at radius 2 is 2.03 bits per heavy atom. The predicted molar refractivity (Wildman–Crippen MR) is 114 cm³/mol. The van der Waals surface area contributed by atoms with Crippen LogP contribution in [0.25, 0.3) is 10.9 Å². The molecule has 2 N–H and O–H groups in total. The number of H-pyrrole nitrogens is 1. The Balaban J connectivity index is 1.46. The number of hydrogen-bond acceptors (Lipinski definition) is 5. The molecule has 0 fully saturated rings. The van der Waals surface area contributed by atoms with Crippen LogP contribution in [0.4, 0.5) is 5.69 Å². The number of fused-ring (bicyclic) bond motifs is 1. The molecule has 8 nitrogen and oxygen atoms in total. The first-order chi connectivity index (χ1) is 14.1. The lowest BCUT2D eigenvalue weighted by Crippen LogP contribution is -2.27. The SMILES string of the molecule is CCN(CC)CCn1cc(NC(=O)CCCc2nc3ccccc3c(=O)[nH]2)cn1. The lowest BCUT2D eigenvalue weighted by Gasteiger charge is -2.17. The fraction of sp³-hybridized carbons (Fsp3) is 0.429. The van der Waals surface area contributed by atoms with Crippen LogP contribution in [-0.2, 0) is 17.8 Å². The minimum Gasteiger partial charge on any atom is -0.323 e. The number of amides is 1. The fourth-order valence-corrected chi connectivity index (χ4v) is 3.23. The zero-order valence-corrected chi connectivity index (χ0v) is 17.0. The van der Waals surface area contributed by atoms with Gasteiger partial charge in [0.15, 0.2) is 0 Å². The molecule has 1 aromatic carbocycles. The van der Waals surface area contributed by atoms with Crippen LogP contribution in [0.15, 0.2) is 41.5 Å². The number of anilines is 1. The van der Waals surface area contributed by atoms with E-state index in [-0.39, 0.29) is 11.5 Å². The third-order valence-electron chi connectivity index (χ3n) is 4.94. The number of likely N-dealkylation sites (N-methyl/N-ethyl adjacent to an activating group) is 1. The van der Waals surface area contributed by atoms with E-state index in [2.05, 4.69) is 39.1 Å². The van der Waals surface area contributed by atoms with Crippen LogP contribution in [0.3, 0.4) is 0 Å². The van der Waals surface area contributed by atoms with E-state index in [1.54, 1.807) is 12.3 Å². The molecule has 154 valence electrons. The summed E-state index contributed by atoms with van der Waals surface area (Å²) in [6.07, 6.45) is 5.01. The molecular formula is C21H28N6O2. The highest BCUT2D eigenvalue weighted by molar-refractivity contribution is 5.90. The van der Waals surface area contributed by atoms with Crippen molar-refractivity contribution in [3.8, 4) is 0 Å². The van der Waals surface area contributed by atoms with Crippen molar-refractivity contribution >= 4 is 22.5 Å². The summed E-state index contributed by atoms with van der Waals surface area (Å²) in [4.78, 5) is 33.9. The van der Waals surface area contributed by atoms with Gasteiger partial charge in [-0.3, -0.25) is 14.3 Å². The van der Waals surface area contributed by atoms with Gasteiger partial charge in [0.2, 0.25) is 5.91 Å². The first-order valence-electron chi connectivity index (χ1n) is 10.1. The van der Waals surface area contributed by atoms with Crippen molar-refractivity contribution in [1.29, 1.82) is 0 Å². The molecule has 2 aromatic heterocycles. The first-order valence-corrected chi connectivity index (χ1v) is 10.1. The maximum Gasteiger partial charge on any atom is 0.258 e. The summed E-state index contributed by atoms with van der Waals surface area (Å²) >= 11 is 0. The van der Waals surface area contributed by atoms with Crippen LogP contribution in [0.5, 0.6) is 0 Å². The van der Waals surface area contributed by atoms with Crippen molar-refractivity contribution in [3.63, 3.8) is 0 Å². The zero-order valence-electron chi connectivity index (χ0n) is 17.0. The van der Waals surface area contributed by atoms with Gasteiger partial charge in [-0.05, 0) is 31.6 Å². The predicted octanol–water partition coefficient (Wildman–Crippen LogP) is 2.42. The number of aromatic amines is 1. The van der Waals surface area contributed by atoms with Gasteiger partial charge in [0, 0.05) is 25.6 Å². The number of nitrogens with zero attached hydrogens (tertiary/aromatic N) is 4. The minimum absolute atomic E-state index is 0.0728. The van der Waals surface area contributed by atoms with Gasteiger partial charge in [-0.25, -0.2) is 4.98 Å². The van der Waals surface area contributed by atoms with Gasteiger partial charge in [0.25, 0.3) is 5.56 Å². The molecule has 29 heavy (non-hydrogen) atoms. The van der Waals surface area contributed by atoms with Crippen LogP contribution in [0.1, 0.15) is 32.5 Å². The minimum atomic E-state index is -0.146. The van der Waals surface area contributed by atoms with Crippen LogP contribution in [0, 0.1) is 0 Å². The van der Waals surface area contributed by atoms with Crippen molar-refractivity contribution in [1.82, 2.24) is 24.6 Å². The Labute approximate surface area is 169 Å². The van der Waals surface area contributed by atoms with Crippen molar-refractivity contribution < 1.29 is 4.79 Å². The molecular weight excluding hydrogens is 368 g/mol. The standard InChI is InChI=1S/C21H28N6O2/c1-3-26(4-2)12-13-27-15-16(14-22-27)23-20(28)11-7-10-19-24-18-9-6-5-8-17(18)21(29)25-19/h5-6,8-9,14-15H,3-4,7,10-13H2,1-2H3,(H,23,28)(H,24,25,29). The topological polar surface area (TPSA) is 95.9 Å². The van der Waals surface area contributed by atoms with Crippen LogP contribution in [0.2, 0.25) is 0 Å². The van der Waals surface area contributed by atoms with E-state index in [9.17, 15) is 9.59 Å².